The molecule has 0 amide bonds. The molecule has 0 aromatic carbocycles. The van der Waals surface area contributed by atoms with Gasteiger partial charge in [0, 0.05) is 24.1 Å². The van der Waals surface area contributed by atoms with Crippen molar-refractivity contribution >= 4 is 5.82 Å². The molecule has 1 aromatic rings. The summed E-state index contributed by atoms with van der Waals surface area (Å²) in [5, 5.41) is 0. The number of anilines is 1. The van der Waals surface area contributed by atoms with E-state index in [-0.39, 0.29) is 0 Å². The number of nitrogen functional groups attached to an aromatic ring is 1. The summed E-state index contributed by atoms with van der Waals surface area (Å²) in [5.74, 6) is 7.73. The topological polar surface area (TPSA) is 63.8 Å². The molecule has 16 heavy (non-hydrogen) atoms. The lowest BCUT2D eigenvalue weighted by Gasteiger charge is -2.11. The monoisotopic (exact) mass is 220 g/mol. The fraction of sp³-hybridized carbons (Fsp3) is 0.667. The summed E-state index contributed by atoms with van der Waals surface area (Å²) in [6.45, 7) is 2.14. The summed E-state index contributed by atoms with van der Waals surface area (Å²) in [5.41, 5.74) is 3.81. The average molecular weight is 220 g/mol. The van der Waals surface area contributed by atoms with Crippen LogP contribution in [0.3, 0.4) is 0 Å². The van der Waals surface area contributed by atoms with Crippen LogP contribution in [-0.2, 0) is 6.42 Å². The van der Waals surface area contributed by atoms with Crippen LogP contribution in [0.25, 0.3) is 0 Å². The van der Waals surface area contributed by atoms with Crippen LogP contribution < -0.4 is 11.3 Å². The molecule has 2 rings (SSSR count). The van der Waals surface area contributed by atoms with Gasteiger partial charge in [-0.15, -0.1) is 0 Å². The highest BCUT2D eigenvalue weighted by molar-refractivity contribution is 5.35. The zero-order valence-corrected chi connectivity index (χ0v) is 9.87. The van der Waals surface area contributed by atoms with Gasteiger partial charge in [-0.3, -0.25) is 0 Å². The van der Waals surface area contributed by atoms with Crippen LogP contribution >= 0.6 is 0 Å². The van der Waals surface area contributed by atoms with Gasteiger partial charge in [0.1, 0.15) is 11.6 Å². The van der Waals surface area contributed by atoms with Crippen molar-refractivity contribution in [1.82, 2.24) is 9.97 Å². The third kappa shape index (κ3) is 2.50. The fourth-order valence-corrected chi connectivity index (χ4v) is 2.36. The maximum atomic E-state index is 5.44. The summed E-state index contributed by atoms with van der Waals surface area (Å²) in [6, 6.07) is 2.00. The molecule has 88 valence electrons. The second-order valence-corrected chi connectivity index (χ2v) is 4.47. The Morgan fingerprint density at radius 1 is 1.38 bits per heavy atom. The first kappa shape index (κ1) is 11.3. The maximum absolute atomic E-state index is 5.44. The first-order valence-electron chi connectivity index (χ1n) is 6.18. The maximum Gasteiger partial charge on any atom is 0.143 e. The number of nitrogens with zero attached hydrogens (tertiary/aromatic N) is 2. The van der Waals surface area contributed by atoms with Crippen LogP contribution in [0.15, 0.2) is 6.07 Å². The van der Waals surface area contributed by atoms with Gasteiger partial charge >= 0.3 is 0 Å². The molecule has 0 radical (unpaired) electrons. The molecule has 0 spiro atoms. The summed E-state index contributed by atoms with van der Waals surface area (Å²) < 4.78 is 0. The number of hydrogen-bond acceptors (Lipinski definition) is 4. The minimum Gasteiger partial charge on any atom is -0.308 e. The molecule has 3 N–H and O–H groups in total. The van der Waals surface area contributed by atoms with E-state index in [1.165, 1.54) is 31.4 Å². The van der Waals surface area contributed by atoms with Gasteiger partial charge in [-0.05, 0) is 19.3 Å². The number of aryl methyl sites for hydroxylation is 1. The Hall–Kier alpha value is -1.16. The Bertz CT molecular complexity index is 345. The zero-order chi connectivity index (χ0) is 11.4. The summed E-state index contributed by atoms with van der Waals surface area (Å²) in [6.07, 6.45) is 7.15. The first-order valence-corrected chi connectivity index (χ1v) is 6.18. The molecule has 1 aliphatic carbocycles. The van der Waals surface area contributed by atoms with Crippen molar-refractivity contribution in [2.24, 2.45) is 5.84 Å². The van der Waals surface area contributed by atoms with Gasteiger partial charge < -0.3 is 5.43 Å². The van der Waals surface area contributed by atoms with Gasteiger partial charge in [-0.1, -0.05) is 19.8 Å². The van der Waals surface area contributed by atoms with Gasteiger partial charge in [0.05, 0.1) is 0 Å². The van der Waals surface area contributed by atoms with Gasteiger partial charge in [-0.2, -0.15) is 0 Å². The molecule has 0 atom stereocenters. The summed E-state index contributed by atoms with van der Waals surface area (Å²) >= 11 is 0. The minimum absolute atomic E-state index is 0.616. The second-order valence-electron chi connectivity index (χ2n) is 4.47. The van der Waals surface area contributed by atoms with E-state index < -0.39 is 0 Å². The fourth-order valence-electron chi connectivity index (χ4n) is 2.36. The second kappa shape index (κ2) is 5.25. The number of hydrogen-bond donors (Lipinski definition) is 2. The van der Waals surface area contributed by atoms with Crippen LogP contribution in [0, 0.1) is 0 Å². The molecule has 4 nitrogen and oxygen atoms in total. The zero-order valence-electron chi connectivity index (χ0n) is 9.87. The molecule has 0 unspecified atom stereocenters. The molecule has 0 aliphatic heterocycles. The molecule has 1 aliphatic rings. The van der Waals surface area contributed by atoms with Crippen molar-refractivity contribution in [3.63, 3.8) is 0 Å². The molecular weight excluding hydrogens is 200 g/mol. The molecular formula is C12H20N4. The first-order chi connectivity index (χ1) is 7.83. The SMILES string of the molecule is CCCc1nc(NN)cc(C2CCCC2)n1. The molecule has 0 saturated heterocycles. The van der Waals surface area contributed by atoms with Crippen LogP contribution in [0.1, 0.15) is 56.5 Å². The van der Waals surface area contributed by atoms with Crippen molar-refractivity contribution in [3.8, 4) is 0 Å². The van der Waals surface area contributed by atoms with Crippen LogP contribution in [0.4, 0.5) is 5.82 Å². The average Bonchev–Trinajstić information content (AvgIpc) is 2.82. The van der Waals surface area contributed by atoms with Crippen LogP contribution in [0.2, 0.25) is 0 Å². The minimum atomic E-state index is 0.616. The molecule has 1 fully saturated rings. The van der Waals surface area contributed by atoms with E-state index >= 15 is 0 Å². The van der Waals surface area contributed by atoms with Gasteiger partial charge in [-0.25, -0.2) is 15.8 Å². The summed E-state index contributed by atoms with van der Waals surface area (Å²) in [7, 11) is 0. The van der Waals surface area contributed by atoms with Crippen LogP contribution in [0.5, 0.6) is 0 Å². The van der Waals surface area contributed by atoms with E-state index in [9.17, 15) is 0 Å². The van der Waals surface area contributed by atoms with Gasteiger partial charge in [0.2, 0.25) is 0 Å². The highest BCUT2D eigenvalue weighted by Crippen LogP contribution is 2.33. The Morgan fingerprint density at radius 3 is 2.75 bits per heavy atom. The highest BCUT2D eigenvalue weighted by atomic mass is 15.3. The van der Waals surface area contributed by atoms with Crippen molar-refractivity contribution in [2.75, 3.05) is 5.43 Å². The standard InChI is InChI=1S/C12H20N4/c1-2-5-11-14-10(8-12(15-11)16-13)9-6-3-4-7-9/h8-9H,2-7,13H2,1H3,(H,14,15,16). The number of hydrazine groups is 1. The Kier molecular flexibility index (Phi) is 3.72. The largest absolute Gasteiger partial charge is 0.308 e. The number of rotatable bonds is 4. The Morgan fingerprint density at radius 2 is 2.12 bits per heavy atom. The van der Waals surface area contributed by atoms with Crippen molar-refractivity contribution < 1.29 is 0 Å². The molecule has 4 heteroatoms. The predicted octanol–water partition coefficient (Wildman–Crippen LogP) is 2.37. The lowest BCUT2D eigenvalue weighted by Crippen LogP contribution is -2.12. The third-order valence-corrected chi connectivity index (χ3v) is 3.19. The quantitative estimate of drug-likeness (QED) is 0.604. The number of nitrogens with one attached hydrogen (secondary N) is 1. The van der Waals surface area contributed by atoms with E-state index in [1.54, 1.807) is 0 Å². The van der Waals surface area contributed by atoms with Gasteiger partial charge in [0.25, 0.3) is 0 Å². The molecule has 1 aromatic heterocycles. The Labute approximate surface area is 96.6 Å². The van der Waals surface area contributed by atoms with Crippen molar-refractivity contribution in [2.45, 2.75) is 51.4 Å². The summed E-state index contributed by atoms with van der Waals surface area (Å²) in [4.78, 5) is 9.01. The lowest BCUT2D eigenvalue weighted by molar-refractivity contribution is 0.680. The third-order valence-electron chi connectivity index (χ3n) is 3.19. The van der Waals surface area contributed by atoms with E-state index in [1.807, 2.05) is 6.07 Å². The van der Waals surface area contributed by atoms with E-state index in [0.29, 0.717) is 5.92 Å². The smallest absolute Gasteiger partial charge is 0.143 e. The van der Waals surface area contributed by atoms with Crippen molar-refractivity contribution in [1.29, 1.82) is 0 Å². The molecule has 1 saturated carbocycles. The van der Waals surface area contributed by atoms with E-state index in [2.05, 4.69) is 22.3 Å². The van der Waals surface area contributed by atoms with E-state index in [4.69, 9.17) is 5.84 Å². The van der Waals surface area contributed by atoms with Gasteiger partial charge in [0.15, 0.2) is 0 Å². The molecule has 1 heterocycles. The van der Waals surface area contributed by atoms with Crippen LogP contribution in [-0.4, -0.2) is 9.97 Å². The number of aromatic nitrogens is 2. The molecule has 0 bridgehead atoms. The van der Waals surface area contributed by atoms with E-state index in [0.717, 1.165) is 24.5 Å². The predicted molar refractivity (Wildman–Crippen MR) is 65.0 cm³/mol. The van der Waals surface area contributed by atoms with Crippen molar-refractivity contribution in [3.05, 3.63) is 17.6 Å². The highest BCUT2D eigenvalue weighted by Gasteiger charge is 2.19. The normalized spacial score (nSPS) is 16.6. The lowest BCUT2D eigenvalue weighted by atomic mass is 10.0. The Balaban J connectivity index is 2.24. The number of nitrogens with two attached hydrogens (primary N) is 1.